The third-order valence-corrected chi connectivity index (χ3v) is 5.57. The van der Waals surface area contributed by atoms with E-state index in [0.29, 0.717) is 12.6 Å². The molecule has 0 aromatic heterocycles. The number of piperidine rings is 1. The largest absolute Gasteiger partial charge is 0.357 e. The third-order valence-electron chi connectivity index (χ3n) is 5.57. The number of nitrogens with one attached hydrogen (secondary N) is 2. The van der Waals surface area contributed by atoms with Crippen molar-refractivity contribution in [1.29, 1.82) is 0 Å². The van der Waals surface area contributed by atoms with Crippen molar-refractivity contribution in [3.8, 4) is 0 Å². The Kier molecular flexibility index (Phi) is 7.35. The second-order valence-electron chi connectivity index (χ2n) is 7.52. The van der Waals surface area contributed by atoms with Gasteiger partial charge in [-0.3, -0.25) is 0 Å². The first-order valence-electron chi connectivity index (χ1n) is 10.1. The SMILES string of the molecule is CCNC(=NCc1cccc2ccccc12)NC1CCN(C2CC2)CC1.I. The molecular weight excluding hydrogens is 447 g/mol. The molecule has 2 fully saturated rings. The van der Waals surface area contributed by atoms with Crippen LogP contribution in [0.2, 0.25) is 0 Å². The summed E-state index contributed by atoms with van der Waals surface area (Å²) in [4.78, 5) is 7.54. The number of guanidine groups is 1. The zero-order chi connectivity index (χ0) is 17.8. The highest BCUT2D eigenvalue weighted by Crippen LogP contribution is 2.29. The summed E-state index contributed by atoms with van der Waals surface area (Å²) >= 11 is 0. The molecule has 2 aliphatic rings. The molecule has 5 heteroatoms. The number of likely N-dealkylation sites (tertiary alicyclic amines) is 1. The standard InChI is InChI=1S/C22H30N4.HI/c1-2-23-22(25-19-12-14-26(15-13-19)20-10-11-20)24-16-18-8-5-7-17-6-3-4-9-21(17)18;/h3-9,19-20H,2,10-16H2,1H3,(H2,23,24,25);1H. The normalized spacial score (nSPS) is 18.9. The lowest BCUT2D eigenvalue weighted by atomic mass is 10.0. The van der Waals surface area contributed by atoms with Crippen molar-refractivity contribution in [3.05, 3.63) is 48.0 Å². The first-order chi connectivity index (χ1) is 12.8. The first kappa shape index (κ1) is 20.4. The Balaban J connectivity index is 0.00000210. The lowest BCUT2D eigenvalue weighted by Gasteiger charge is -2.33. The van der Waals surface area contributed by atoms with E-state index in [1.165, 1.54) is 55.1 Å². The van der Waals surface area contributed by atoms with Gasteiger partial charge in [0.2, 0.25) is 0 Å². The Hall–Kier alpha value is -1.34. The molecule has 4 nitrogen and oxygen atoms in total. The molecule has 2 aromatic carbocycles. The van der Waals surface area contributed by atoms with Gasteiger partial charge in [-0.2, -0.15) is 0 Å². The number of fused-ring (bicyclic) bond motifs is 1. The van der Waals surface area contributed by atoms with Gasteiger partial charge in [0.25, 0.3) is 0 Å². The lowest BCUT2D eigenvalue weighted by Crippen LogP contribution is -2.49. The topological polar surface area (TPSA) is 39.7 Å². The predicted molar refractivity (Wildman–Crippen MR) is 125 cm³/mol. The summed E-state index contributed by atoms with van der Waals surface area (Å²) in [7, 11) is 0. The average molecular weight is 478 g/mol. The number of aliphatic imine (C=N–C) groups is 1. The van der Waals surface area contributed by atoms with Crippen LogP contribution in [0.4, 0.5) is 0 Å². The van der Waals surface area contributed by atoms with Gasteiger partial charge in [-0.15, -0.1) is 24.0 Å². The molecule has 2 N–H and O–H groups in total. The van der Waals surface area contributed by atoms with E-state index in [2.05, 4.69) is 64.9 Å². The van der Waals surface area contributed by atoms with Crippen LogP contribution in [-0.4, -0.2) is 42.6 Å². The van der Waals surface area contributed by atoms with Crippen LogP contribution in [0.25, 0.3) is 10.8 Å². The predicted octanol–water partition coefficient (Wildman–Crippen LogP) is 4.14. The smallest absolute Gasteiger partial charge is 0.191 e. The Labute approximate surface area is 179 Å². The molecule has 1 heterocycles. The molecule has 1 aliphatic heterocycles. The molecule has 0 unspecified atom stereocenters. The number of rotatable bonds is 5. The number of benzene rings is 2. The highest BCUT2D eigenvalue weighted by molar-refractivity contribution is 14.0. The molecule has 0 amide bonds. The van der Waals surface area contributed by atoms with Crippen molar-refractivity contribution in [2.45, 2.75) is 51.2 Å². The van der Waals surface area contributed by atoms with Crippen molar-refractivity contribution in [1.82, 2.24) is 15.5 Å². The highest BCUT2D eigenvalue weighted by atomic mass is 127. The van der Waals surface area contributed by atoms with Crippen LogP contribution in [0.5, 0.6) is 0 Å². The van der Waals surface area contributed by atoms with Gasteiger partial charge in [0.05, 0.1) is 6.54 Å². The van der Waals surface area contributed by atoms with Crippen LogP contribution in [0.15, 0.2) is 47.5 Å². The summed E-state index contributed by atoms with van der Waals surface area (Å²) in [6, 6.07) is 16.5. The molecule has 1 saturated carbocycles. The molecule has 1 saturated heterocycles. The van der Waals surface area contributed by atoms with E-state index in [9.17, 15) is 0 Å². The van der Waals surface area contributed by atoms with Crippen molar-refractivity contribution >= 4 is 40.7 Å². The minimum absolute atomic E-state index is 0. The molecule has 0 atom stereocenters. The Morgan fingerprint density at radius 3 is 2.52 bits per heavy atom. The van der Waals surface area contributed by atoms with E-state index < -0.39 is 0 Å². The summed E-state index contributed by atoms with van der Waals surface area (Å²) in [5.74, 6) is 0.949. The second kappa shape index (κ2) is 9.73. The second-order valence-corrected chi connectivity index (χ2v) is 7.52. The van der Waals surface area contributed by atoms with Gasteiger partial charge < -0.3 is 15.5 Å². The lowest BCUT2D eigenvalue weighted by molar-refractivity contribution is 0.197. The zero-order valence-corrected chi connectivity index (χ0v) is 18.5. The maximum atomic E-state index is 4.88. The van der Waals surface area contributed by atoms with Crippen LogP contribution in [0.1, 0.15) is 38.2 Å². The molecule has 1 aliphatic carbocycles. The van der Waals surface area contributed by atoms with Crippen LogP contribution in [0, 0.1) is 0 Å². The number of hydrogen-bond donors (Lipinski definition) is 2. The summed E-state index contributed by atoms with van der Waals surface area (Å²) in [6.45, 7) is 6.18. The van der Waals surface area contributed by atoms with Crippen molar-refractivity contribution in [3.63, 3.8) is 0 Å². The summed E-state index contributed by atoms with van der Waals surface area (Å²) in [6.07, 6.45) is 5.25. The van der Waals surface area contributed by atoms with E-state index >= 15 is 0 Å². The highest BCUT2D eigenvalue weighted by Gasteiger charge is 2.31. The quantitative estimate of drug-likeness (QED) is 0.386. The van der Waals surface area contributed by atoms with E-state index in [1.807, 2.05) is 0 Å². The maximum absolute atomic E-state index is 4.88. The third kappa shape index (κ3) is 5.35. The minimum Gasteiger partial charge on any atom is -0.357 e. The molecule has 0 spiro atoms. The molecule has 4 rings (SSSR count). The van der Waals surface area contributed by atoms with E-state index in [1.54, 1.807) is 0 Å². The molecule has 2 aromatic rings. The van der Waals surface area contributed by atoms with Crippen molar-refractivity contribution < 1.29 is 0 Å². The van der Waals surface area contributed by atoms with Gasteiger partial charge >= 0.3 is 0 Å². The Morgan fingerprint density at radius 1 is 1.04 bits per heavy atom. The van der Waals surface area contributed by atoms with Crippen molar-refractivity contribution in [2.75, 3.05) is 19.6 Å². The van der Waals surface area contributed by atoms with Crippen molar-refractivity contribution in [2.24, 2.45) is 4.99 Å². The van der Waals surface area contributed by atoms with Gasteiger partial charge in [0, 0.05) is 31.7 Å². The number of hydrogen-bond acceptors (Lipinski definition) is 2. The van der Waals surface area contributed by atoms with Gasteiger partial charge in [0.15, 0.2) is 5.96 Å². The van der Waals surface area contributed by atoms with Crippen LogP contribution < -0.4 is 10.6 Å². The zero-order valence-electron chi connectivity index (χ0n) is 16.2. The molecule has 146 valence electrons. The fourth-order valence-electron chi connectivity index (χ4n) is 3.96. The van der Waals surface area contributed by atoms with Gasteiger partial charge in [-0.1, -0.05) is 42.5 Å². The minimum atomic E-state index is 0. The Bertz CT molecular complexity index is 759. The first-order valence-corrected chi connectivity index (χ1v) is 10.1. The van der Waals surface area contributed by atoms with E-state index in [4.69, 9.17) is 4.99 Å². The van der Waals surface area contributed by atoms with E-state index in [0.717, 1.165) is 18.5 Å². The van der Waals surface area contributed by atoms with Crippen LogP contribution in [-0.2, 0) is 6.54 Å². The monoisotopic (exact) mass is 478 g/mol. The summed E-state index contributed by atoms with van der Waals surface area (Å²) < 4.78 is 0. The number of nitrogens with zero attached hydrogens (tertiary/aromatic N) is 2. The summed E-state index contributed by atoms with van der Waals surface area (Å²) in [5.41, 5.74) is 1.28. The van der Waals surface area contributed by atoms with Crippen LogP contribution in [0.3, 0.4) is 0 Å². The van der Waals surface area contributed by atoms with Crippen LogP contribution >= 0.6 is 24.0 Å². The average Bonchev–Trinajstić information content (AvgIpc) is 3.52. The molecular formula is C22H31IN4. The maximum Gasteiger partial charge on any atom is 0.191 e. The van der Waals surface area contributed by atoms with Gasteiger partial charge in [-0.25, -0.2) is 4.99 Å². The van der Waals surface area contributed by atoms with E-state index in [-0.39, 0.29) is 24.0 Å². The van der Waals surface area contributed by atoms with Gasteiger partial charge in [-0.05, 0) is 48.9 Å². The number of halogens is 1. The fourth-order valence-corrected chi connectivity index (χ4v) is 3.96. The van der Waals surface area contributed by atoms with Gasteiger partial charge in [0.1, 0.15) is 0 Å². The molecule has 0 bridgehead atoms. The molecule has 27 heavy (non-hydrogen) atoms. The molecule has 0 radical (unpaired) electrons. The fraction of sp³-hybridized carbons (Fsp3) is 0.500. The Morgan fingerprint density at radius 2 is 1.78 bits per heavy atom. The summed E-state index contributed by atoms with van der Waals surface area (Å²) in [5, 5.41) is 9.67.